The van der Waals surface area contributed by atoms with E-state index in [9.17, 15) is 0 Å². The number of hydrogen-bond donors (Lipinski definition) is 0. The van der Waals surface area contributed by atoms with Gasteiger partial charge in [0.2, 0.25) is 0 Å². The first-order chi connectivity index (χ1) is 12.3. The summed E-state index contributed by atoms with van der Waals surface area (Å²) >= 11 is 0. The van der Waals surface area contributed by atoms with Gasteiger partial charge in [-0.05, 0) is 41.7 Å². The summed E-state index contributed by atoms with van der Waals surface area (Å²) in [5.74, 6) is 0. The van der Waals surface area contributed by atoms with Crippen LogP contribution in [0.4, 0.5) is 0 Å². The molecule has 126 valence electrons. The van der Waals surface area contributed by atoms with Crippen LogP contribution in [0.15, 0.2) is 84.9 Å². The highest BCUT2D eigenvalue weighted by atomic mass is 14.2. The van der Waals surface area contributed by atoms with Gasteiger partial charge in [0.1, 0.15) is 0 Å². The maximum absolute atomic E-state index is 8.65. The summed E-state index contributed by atoms with van der Waals surface area (Å²) in [6.45, 7) is 2.24. The van der Waals surface area contributed by atoms with Crippen molar-refractivity contribution in [3.8, 4) is 17.2 Å². The zero-order valence-corrected chi connectivity index (χ0v) is 14.9. The Morgan fingerprint density at radius 3 is 1.80 bits per heavy atom. The number of benzene rings is 3. The molecule has 0 radical (unpaired) electrons. The Balaban J connectivity index is 0.000000186. The Morgan fingerprint density at radius 2 is 1.24 bits per heavy atom. The normalized spacial score (nSPS) is 9.60. The summed E-state index contributed by atoms with van der Waals surface area (Å²) in [4.78, 5) is 0. The minimum atomic E-state index is 0.699. The lowest BCUT2D eigenvalue weighted by molar-refractivity contribution is 0.717. The lowest BCUT2D eigenvalue weighted by Gasteiger charge is -1.99. The SMILES string of the molecule is CCCCCc1ccccc1.N#Cc1ccc(-c2ccccc2)cc1. The topological polar surface area (TPSA) is 23.8 Å². The van der Waals surface area contributed by atoms with Gasteiger partial charge in [0.05, 0.1) is 11.6 Å². The van der Waals surface area contributed by atoms with Gasteiger partial charge in [-0.15, -0.1) is 0 Å². The van der Waals surface area contributed by atoms with E-state index in [4.69, 9.17) is 5.26 Å². The summed E-state index contributed by atoms with van der Waals surface area (Å²) in [5.41, 5.74) is 4.49. The third-order valence-electron chi connectivity index (χ3n) is 4.03. The summed E-state index contributed by atoms with van der Waals surface area (Å²) in [7, 11) is 0. The maximum Gasteiger partial charge on any atom is 0.0991 e. The fraction of sp³-hybridized carbons (Fsp3) is 0.208. The summed E-state index contributed by atoms with van der Waals surface area (Å²) in [6.07, 6.45) is 5.25. The van der Waals surface area contributed by atoms with Gasteiger partial charge >= 0.3 is 0 Å². The van der Waals surface area contributed by atoms with Gasteiger partial charge in [-0.2, -0.15) is 5.26 Å². The predicted molar refractivity (Wildman–Crippen MR) is 106 cm³/mol. The molecule has 3 aromatic rings. The fourth-order valence-electron chi connectivity index (χ4n) is 2.59. The first kappa shape index (κ1) is 18.5. The summed E-state index contributed by atoms with van der Waals surface area (Å²) < 4.78 is 0. The van der Waals surface area contributed by atoms with Gasteiger partial charge in [0.25, 0.3) is 0 Å². The van der Waals surface area contributed by atoms with Crippen LogP contribution in [0.2, 0.25) is 0 Å². The van der Waals surface area contributed by atoms with E-state index in [1.54, 1.807) is 0 Å². The number of aryl methyl sites for hydroxylation is 1. The summed E-state index contributed by atoms with van der Waals surface area (Å²) in [5, 5.41) is 8.65. The highest BCUT2D eigenvalue weighted by Crippen LogP contribution is 2.18. The van der Waals surface area contributed by atoms with E-state index >= 15 is 0 Å². The van der Waals surface area contributed by atoms with Crippen LogP contribution >= 0.6 is 0 Å². The largest absolute Gasteiger partial charge is 0.192 e. The van der Waals surface area contributed by atoms with Crippen molar-refractivity contribution < 1.29 is 0 Å². The molecule has 1 nitrogen and oxygen atoms in total. The van der Waals surface area contributed by atoms with Gasteiger partial charge in [0, 0.05) is 0 Å². The van der Waals surface area contributed by atoms with E-state index < -0.39 is 0 Å². The van der Waals surface area contributed by atoms with Gasteiger partial charge in [-0.1, -0.05) is 92.6 Å². The molecule has 0 heterocycles. The van der Waals surface area contributed by atoms with Gasteiger partial charge in [-0.25, -0.2) is 0 Å². The standard InChI is InChI=1S/C13H9N.C11H16/c14-10-11-6-8-13(9-7-11)12-4-2-1-3-5-12;1-2-3-5-8-11-9-6-4-7-10-11/h1-9H;4,6-7,9-10H,2-3,5,8H2,1H3. The molecule has 0 saturated heterocycles. The van der Waals surface area contributed by atoms with Crippen LogP contribution in [0, 0.1) is 11.3 Å². The first-order valence-corrected chi connectivity index (χ1v) is 8.93. The van der Waals surface area contributed by atoms with Crippen molar-refractivity contribution in [3.05, 3.63) is 96.1 Å². The molecule has 0 aliphatic carbocycles. The lowest BCUT2D eigenvalue weighted by Crippen LogP contribution is -1.83. The highest BCUT2D eigenvalue weighted by Gasteiger charge is 1.95. The van der Waals surface area contributed by atoms with Gasteiger partial charge in [0.15, 0.2) is 0 Å². The minimum absolute atomic E-state index is 0.699. The lowest BCUT2D eigenvalue weighted by atomic mass is 10.0. The molecule has 0 amide bonds. The second kappa shape index (κ2) is 10.8. The monoisotopic (exact) mass is 327 g/mol. The van der Waals surface area contributed by atoms with Crippen LogP contribution in [0.25, 0.3) is 11.1 Å². The average Bonchev–Trinajstić information content (AvgIpc) is 2.70. The van der Waals surface area contributed by atoms with E-state index in [0.717, 1.165) is 5.56 Å². The Labute approximate surface area is 151 Å². The molecule has 0 aliphatic heterocycles. The van der Waals surface area contributed by atoms with Crippen molar-refractivity contribution in [2.75, 3.05) is 0 Å². The molecule has 3 aromatic carbocycles. The summed E-state index contributed by atoms with van der Waals surface area (Å²) in [6, 6.07) is 30.5. The molecule has 0 saturated carbocycles. The smallest absolute Gasteiger partial charge is 0.0991 e. The van der Waals surface area contributed by atoms with Crippen molar-refractivity contribution in [2.45, 2.75) is 32.6 Å². The zero-order chi connectivity index (χ0) is 17.7. The Kier molecular flexibility index (Phi) is 8.01. The minimum Gasteiger partial charge on any atom is -0.192 e. The molecular weight excluding hydrogens is 302 g/mol. The maximum atomic E-state index is 8.65. The van der Waals surface area contributed by atoms with Gasteiger partial charge < -0.3 is 0 Å². The van der Waals surface area contributed by atoms with Crippen molar-refractivity contribution in [3.63, 3.8) is 0 Å². The number of unbranched alkanes of at least 4 members (excludes halogenated alkanes) is 2. The fourth-order valence-corrected chi connectivity index (χ4v) is 2.59. The van der Waals surface area contributed by atoms with E-state index in [1.807, 2.05) is 42.5 Å². The number of nitriles is 1. The molecule has 3 rings (SSSR count). The average molecular weight is 327 g/mol. The second-order valence-corrected chi connectivity index (χ2v) is 6.00. The Morgan fingerprint density at radius 1 is 0.680 bits per heavy atom. The number of rotatable bonds is 5. The molecule has 1 heteroatoms. The van der Waals surface area contributed by atoms with Crippen molar-refractivity contribution in [2.24, 2.45) is 0 Å². The van der Waals surface area contributed by atoms with Crippen LogP contribution in [0.5, 0.6) is 0 Å². The molecule has 0 N–H and O–H groups in total. The number of nitrogens with zero attached hydrogens (tertiary/aromatic N) is 1. The number of hydrogen-bond acceptors (Lipinski definition) is 1. The Hall–Kier alpha value is -2.85. The molecule has 25 heavy (non-hydrogen) atoms. The van der Waals surface area contributed by atoms with Crippen LogP contribution in [-0.4, -0.2) is 0 Å². The molecule has 0 unspecified atom stereocenters. The predicted octanol–water partition coefficient (Wildman–Crippen LogP) is 6.64. The molecule has 0 aromatic heterocycles. The van der Waals surface area contributed by atoms with Crippen LogP contribution in [0.1, 0.15) is 37.3 Å². The molecule has 0 bridgehead atoms. The van der Waals surface area contributed by atoms with Crippen molar-refractivity contribution in [1.29, 1.82) is 5.26 Å². The first-order valence-electron chi connectivity index (χ1n) is 8.93. The third-order valence-corrected chi connectivity index (χ3v) is 4.03. The Bertz CT molecular complexity index is 753. The zero-order valence-electron chi connectivity index (χ0n) is 14.9. The molecule has 0 spiro atoms. The molecule has 0 aliphatic rings. The van der Waals surface area contributed by atoms with E-state index in [1.165, 1.54) is 36.8 Å². The van der Waals surface area contributed by atoms with Crippen LogP contribution < -0.4 is 0 Å². The molecule has 0 fully saturated rings. The van der Waals surface area contributed by atoms with Crippen LogP contribution in [-0.2, 0) is 6.42 Å². The molecular formula is C24H25N. The van der Waals surface area contributed by atoms with Crippen molar-refractivity contribution in [1.82, 2.24) is 0 Å². The van der Waals surface area contributed by atoms with Gasteiger partial charge in [-0.3, -0.25) is 0 Å². The quantitative estimate of drug-likeness (QED) is 0.482. The van der Waals surface area contributed by atoms with E-state index in [-0.39, 0.29) is 0 Å². The van der Waals surface area contributed by atoms with Crippen molar-refractivity contribution >= 4 is 0 Å². The molecule has 0 atom stereocenters. The van der Waals surface area contributed by atoms with E-state index in [2.05, 4.69) is 55.5 Å². The second-order valence-electron chi connectivity index (χ2n) is 6.00. The van der Waals surface area contributed by atoms with E-state index in [0.29, 0.717) is 5.56 Å². The van der Waals surface area contributed by atoms with Crippen LogP contribution in [0.3, 0.4) is 0 Å². The highest BCUT2D eigenvalue weighted by molar-refractivity contribution is 5.63. The third kappa shape index (κ3) is 6.65.